The van der Waals surface area contributed by atoms with Gasteiger partial charge in [-0.1, -0.05) is 0 Å². The summed E-state index contributed by atoms with van der Waals surface area (Å²) in [4.78, 5) is 8.37. The van der Waals surface area contributed by atoms with Gasteiger partial charge in [0.25, 0.3) is 0 Å². The molecule has 5 heteroatoms. The molecule has 1 aromatic heterocycles. The lowest BCUT2D eigenvalue weighted by Crippen LogP contribution is -2.28. The molecule has 3 N–H and O–H groups in total. The summed E-state index contributed by atoms with van der Waals surface area (Å²) in [6, 6.07) is 0.190. The standard InChI is InChI=1S/C10H18N4O/c1-8-10(13-6-5-12-8)14-9(3-4-11)7-15-2/h5-6,9H,3-4,7,11H2,1-2H3,(H,13,14). The Morgan fingerprint density at radius 3 is 2.80 bits per heavy atom. The van der Waals surface area contributed by atoms with Crippen LogP contribution in [0.3, 0.4) is 0 Å². The largest absolute Gasteiger partial charge is 0.383 e. The second-order valence-electron chi connectivity index (χ2n) is 3.36. The van der Waals surface area contributed by atoms with E-state index in [2.05, 4.69) is 15.3 Å². The molecule has 1 atom stereocenters. The maximum absolute atomic E-state index is 5.52. The van der Waals surface area contributed by atoms with Gasteiger partial charge in [0.05, 0.1) is 18.3 Å². The third kappa shape index (κ3) is 3.81. The third-order valence-corrected chi connectivity index (χ3v) is 2.11. The molecule has 0 bridgehead atoms. The average molecular weight is 210 g/mol. The lowest BCUT2D eigenvalue weighted by atomic mass is 10.2. The molecule has 1 heterocycles. The number of nitrogens with two attached hydrogens (primary N) is 1. The van der Waals surface area contributed by atoms with Crippen molar-refractivity contribution in [2.45, 2.75) is 19.4 Å². The number of rotatable bonds is 6. The van der Waals surface area contributed by atoms with Gasteiger partial charge in [-0.3, -0.25) is 4.98 Å². The average Bonchev–Trinajstić information content (AvgIpc) is 2.22. The van der Waals surface area contributed by atoms with Crippen molar-refractivity contribution in [3.05, 3.63) is 18.1 Å². The van der Waals surface area contributed by atoms with Gasteiger partial charge >= 0.3 is 0 Å². The maximum Gasteiger partial charge on any atom is 0.147 e. The van der Waals surface area contributed by atoms with Crippen LogP contribution >= 0.6 is 0 Å². The van der Waals surface area contributed by atoms with Crippen molar-refractivity contribution in [2.24, 2.45) is 5.73 Å². The minimum absolute atomic E-state index is 0.190. The molecule has 1 unspecified atom stereocenters. The minimum atomic E-state index is 0.190. The van der Waals surface area contributed by atoms with Crippen LogP contribution in [0.2, 0.25) is 0 Å². The van der Waals surface area contributed by atoms with Gasteiger partial charge in [-0.05, 0) is 19.9 Å². The number of anilines is 1. The van der Waals surface area contributed by atoms with Gasteiger partial charge in [-0.25, -0.2) is 4.98 Å². The molecular weight excluding hydrogens is 192 g/mol. The van der Waals surface area contributed by atoms with Gasteiger partial charge in [-0.2, -0.15) is 0 Å². The normalized spacial score (nSPS) is 12.5. The lowest BCUT2D eigenvalue weighted by molar-refractivity contribution is 0.183. The van der Waals surface area contributed by atoms with Crippen molar-refractivity contribution in [1.82, 2.24) is 9.97 Å². The number of hydrogen-bond donors (Lipinski definition) is 2. The fraction of sp³-hybridized carbons (Fsp3) is 0.600. The zero-order chi connectivity index (χ0) is 11.1. The first-order valence-electron chi connectivity index (χ1n) is 5.01. The molecule has 0 amide bonds. The van der Waals surface area contributed by atoms with Gasteiger partial charge in [0.15, 0.2) is 0 Å². The first-order chi connectivity index (χ1) is 7.27. The summed E-state index contributed by atoms with van der Waals surface area (Å²) in [5, 5.41) is 3.27. The van der Waals surface area contributed by atoms with E-state index in [9.17, 15) is 0 Å². The molecule has 84 valence electrons. The number of ether oxygens (including phenoxy) is 1. The topological polar surface area (TPSA) is 73.1 Å². The summed E-state index contributed by atoms with van der Waals surface area (Å²) in [5.74, 6) is 0.799. The molecule has 0 fully saturated rings. The number of aryl methyl sites for hydroxylation is 1. The third-order valence-electron chi connectivity index (χ3n) is 2.11. The van der Waals surface area contributed by atoms with Crippen LogP contribution < -0.4 is 11.1 Å². The molecular formula is C10H18N4O. The molecule has 0 aliphatic heterocycles. The Bertz CT molecular complexity index is 287. The van der Waals surface area contributed by atoms with Crippen LogP contribution in [0.25, 0.3) is 0 Å². The van der Waals surface area contributed by atoms with Gasteiger partial charge in [0, 0.05) is 19.5 Å². The monoisotopic (exact) mass is 210 g/mol. The highest BCUT2D eigenvalue weighted by Crippen LogP contribution is 2.09. The second-order valence-corrected chi connectivity index (χ2v) is 3.36. The van der Waals surface area contributed by atoms with Crippen molar-refractivity contribution in [3.8, 4) is 0 Å². The predicted octanol–water partition coefficient (Wildman–Crippen LogP) is 0.561. The lowest BCUT2D eigenvalue weighted by Gasteiger charge is -2.18. The summed E-state index contributed by atoms with van der Waals surface area (Å²) in [6.45, 7) is 3.16. The molecule has 0 saturated heterocycles. The molecule has 0 aromatic carbocycles. The van der Waals surface area contributed by atoms with Gasteiger partial charge < -0.3 is 15.8 Å². The highest BCUT2D eigenvalue weighted by molar-refractivity contribution is 5.39. The van der Waals surface area contributed by atoms with Crippen molar-refractivity contribution < 1.29 is 4.74 Å². The van der Waals surface area contributed by atoms with Crippen LogP contribution in [0.1, 0.15) is 12.1 Å². The zero-order valence-electron chi connectivity index (χ0n) is 9.23. The molecule has 1 rings (SSSR count). The van der Waals surface area contributed by atoms with E-state index in [-0.39, 0.29) is 6.04 Å². The van der Waals surface area contributed by atoms with Crippen LogP contribution in [-0.2, 0) is 4.74 Å². The summed E-state index contributed by atoms with van der Waals surface area (Å²) < 4.78 is 5.10. The van der Waals surface area contributed by atoms with Crippen molar-refractivity contribution in [1.29, 1.82) is 0 Å². The highest BCUT2D eigenvalue weighted by atomic mass is 16.5. The van der Waals surface area contributed by atoms with E-state index in [1.165, 1.54) is 0 Å². The Balaban J connectivity index is 2.60. The molecule has 5 nitrogen and oxygen atoms in total. The number of methoxy groups -OCH3 is 1. The quantitative estimate of drug-likeness (QED) is 0.717. The SMILES string of the molecule is COCC(CCN)Nc1nccnc1C. The summed E-state index contributed by atoms with van der Waals surface area (Å²) in [6.07, 6.45) is 4.19. The number of hydrogen-bond acceptors (Lipinski definition) is 5. The van der Waals surface area contributed by atoms with E-state index in [1.54, 1.807) is 19.5 Å². The van der Waals surface area contributed by atoms with E-state index >= 15 is 0 Å². The molecule has 0 spiro atoms. The first-order valence-corrected chi connectivity index (χ1v) is 5.01. The fourth-order valence-electron chi connectivity index (χ4n) is 1.34. The van der Waals surface area contributed by atoms with E-state index in [0.717, 1.165) is 17.9 Å². The van der Waals surface area contributed by atoms with Crippen LogP contribution in [0.4, 0.5) is 5.82 Å². The van der Waals surface area contributed by atoms with Gasteiger partial charge in [-0.15, -0.1) is 0 Å². The Morgan fingerprint density at radius 1 is 1.47 bits per heavy atom. The van der Waals surface area contributed by atoms with Crippen molar-refractivity contribution >= 4 is 5.82 Å². The maximum atomic E-state index is 5.52. The fourth-order valence-corrected chi connectivity index (χ4v) is 1.34. The smallest absolute Gasteiger partial charge is 0.147 e. The van der Waals surface area contributed by atoms with Crippen LogP contribution in [0.5, 0.6) is 0 Å². The highest BCUT2D eigenvalue weighted by Gasteiger charge is 2.09. The van der Waals surface area contributed by atoms with Gasteiger partial charge in [0.1, 0.15) is 5.82 Å². The number of nitrogens with one attached hydrogen (secondary N) is 1. The Kier molecular flexibility index (Phi) is 5.00. The molecule has 0 aliphatic carbocycles. The zero-order valence-corrected chi connectivity index (χ0v) is 9.23. The number of aromatic nitrogens is 2. The molecule has 0 aliphatic rings. The van der Waals surface area contributed by atoms with Crippen LogP contribution in [0, 0.1) is 6.92 Å². The molecule has 1 aromatic rings. The van der Waals surface area contributed by atoms with Gasteiger partial charge in [0.2, 0.25) is 0 Å². The number of nitrogens with zero attached hydrogens (tertiary/aromatic N) is 2. The second kappa shape index (κ2) is 6.31. The predicted molar refractivity (Wildman–Crippen MR) is 59.7 cm³/mol. The van der Waals surface area contributed by atoms with Crippen LogP contribution in [-0.4, -0.2) is 36.3 Å². The Morgan fingerprint density at radius 2 is 2.20 bits per heavy atom. The van der Waals surface area contributed by atoms with E-state index in [0.29, 0.717) is 13.2 Å². The van der Waals surface area contributed by atoms with E-state index in [1.807, 2.05) is 6.92 Å². The Labute approximate surface area is 90.1 Å². The summed E-state index contributed by atoms with van der Waals surface area (Å²) >= 11 is 0. The molecule has 0 radical (unpaired) electrons. The molecule has 15 heavy (non-hydrogen) atoms. The van der Waals surface area contributed by atoms with Crippen molar-refractivity contribution in [2.75, 3.05) is 25.6 Å². The van der Waals surface area contributed by atoms with Crippen molar-refractivity contribution in [3.63, 3.8) is 0 Å². The van der Waals surface area contributed by atoms with Crippen LogP contribution in [0.15, 0.2) is 12.4 Å². The molecule has 0 saturated carbocycles. The Hall–Kier alpha value is -1.20. The minimum Gasteiger partial charge on any atom is -0.383 e. The van der Waals surface area contributed by atoms with E-state index in [4.69, 9.17) is 10.5 Å². The van der Waals surface area contributed by atoms with E-state index < -0.39 is 0 Å². The summed E-state index contributed by atoms with van der Waals surface area (Å²) in [5.41, 5.74) is 6.40. The first kappa shape index (κ1) is 11.9. The summed E-state index contributed by atoms with van der Waals surface area (Å²) in [7, 11) is 1.68.